The maximum absolute atomic E-state index is 13.4. The average molecular weight is 324 g/mol. The van der Waals surface area contributed by atoms with Crippen molar-refractivity contribution in [3.63, 3.8) is 0 Å². The summed E-state index contributed by atoms with van der Waals surface area (Å²) in [6.07, 6.45) is -0.793. The van der Waals surface area contributed by atoms with E-state index in [0.29, 0.717) is 0 Å². The highest BCUT2D eigenvalue weighted by molar-refractivity contribution is 5.97. The standard InChI is InChI=1S/C14H13FN2O6/c15-10-4-2-1-3-9(10)13(20)16-7-12(19)23-8-11(18)17-5-6-22-14(17)21/h1-4H,5-8H2,(H,16,20). The van der Waals surface area contributed by atoms with Gasteiger partial charge in [-0.25, -0.2) is 14.1 Å². The van der Waals surface area contributed by atoms with Crippen LogP contribution in [0.5, 0.6) is 0 Å². The van der Waals surface area contributed by atoms with Crippen LogP contribution in [0.4, 0.5) is 9.18 Å². The molecule has 1 heterocycles. The van der Waals surface area contributed by atoms with Gasteiger partial charge in [-0.05, 0) is 12.1 Å². The van der Waals surface area contributed by atoms with E-state index in [-0.39, 0.29) is 18.7 Å². The number of amides is 3. The van der Waals surface area contributed by atoms with E-state index < -0.39 is 42.8 Å². The zero-order valence-corrected chi connectivity index (χ0v) is 11.9. The fraction of sp³-hybridized carbons (Fsp3) is 0.286. The second-order valence-electron chi connectivity index (χ2n) is 4.48. The van der Waals surface area contributed by atoms with Crippen LogP contribution in [-0.4, -0.2) is 55.1 Å². The monoisotopic (exact) mass is 324 g/mol. The zero-order chi connectivity index (χ0) is 16.8. The maximum Gasteiger partial charge on any atom is 0.416 e. The summed E-state index contributed by atoms with van der Waals surface area (Å²) in [6.45, 7) is -0.995. The SMILES string of the molecule is O=C(CNC(=O)c1ccccc1F)OCC(=O)N1CCOC1=O. The first-order chi connectivity index (χ1) is 11.0. The predicted molar refractivity (Wildman–Crippen MR) is 72.8 cm³/mol. The summed E-state index contributed by atoms with van der Waals surface area (Å²) in [5.41, 5.74) is -0.212. The van der Waals surface area contributed by atoms with Crippen LogP contribution < -0.4 is 5.32 Å². The highest BCUT2D eigenvalue weighted by Gasteiger charge is 2.28. The summed E-state index contributed by atoms with van der Waals surface area (Å²) >= 11 is 0. The van der Waals surface area contributed by atoms with Crippen molar-refractivity contribution in [2.75, 3.05) is 26.3 Å². The van der Waals surface area contributed by atoms with Gasteiger partial charge in [-0.1, -0.05) is 12.1 Å². The third-order valence-corrected chi connectivity index (χ3v) is 2.93. The molecule has 1 aliphatic rings. The summed E-state index contributed by atoms with van der Waals surface area (Å²) in [5.74, 6) is -3.12. The van der Waals surface area contributed by atoms with Crippen molar-refractivity contribution in [3.8, 4) is 0 Å². The molecule has 8 nitrogen and oxygen atoms in total. The number of nitrogens with one attached hydrogen (secondary N) is 1. The van der Waals surface area contributed by atoms with Crippen LogP contribution >= 0.6 is 0 Å². The molecule has 1 N–H and O–H groups in total. The van der Waals surface area contributed by atoms with Crippen molar-refractivity contribution in [1.29, 1.82) is 0 Å². The first-order valence-corrected chi connectivity index (χ1v) is 6.64. The number of nitrogens with zero attached hydrogens (tertiary/aromatic N) is 1. The fourth-order valence-electron chi connectivity index (χ4n) is 1.78. The number of rotatable bonds is 5. The van der Waals surface area contributed by atoms with Gasteiger partial charge in [0.1, 0.15) is 19.0 Å². The molecule has 0 aliphatic carbocycles. The molecular weight excluding hydrogens is 311 g/mol. The number of ether oxygens (including phenoxy) is 2. The molecule has 0 saturated carbocycles. The molecule has 0 aromatic heterocycles. The average Bonchev–Trinajstić information content (AvgIpc) is 2.97. The Morgan fingerprint density at radius 2 is 2.04 bits per heavy atom. The molecule has 1 saturated heterocycles. The van der Waals surface area contributed by atoms with Gasteiger partial charge in [-0.15, -0.1) is 0 Å². The van der Waals surface area contributed by atoms with Gasteiger partial charge in [-0.3, -0.25) is 14.4 Å². The highest BCUT2D eigenvalue weighted by atomic mass is 19.1. The predicted octanol–water partition coefficient (Wildman–Crippen LogP) is 0.0775. The van der Waals surface area contributed by atoms with Gasteiger partial charge in [0.2, 0.25) is 0 Å². The lowest BCUT2D eigenvalue weighted by Gasteiger charge is -2.11. The second-order valence-corrected chi connectivity index (χ2v) is 4.48. The molecule has 1 aliphatic heterocycles. The van der Waals surface area contributed by atoms with Gasteiger partial charge in [0.25, 0.3) is 11.8 Å². The molecule has 0 bridgehead atoms. The zero-order valence-electron chi connectivity index (χ0n) is 11.9. The van der Waals surface area contributed by atoms with Gasteiger partial charge >= 0.3 is 12.1 Å². The quantitative estimate of drug-likeness (QED) is 0.770. The Hall–Kier alpha value is -2.97. The van der Waals surface area contributed by atoms with Crippen LogP contribution in [0.15, 0.2) is 24.3 Å². The van der Waals surface area contributed by atoms with E-state index in [1.54, 1.807) is 0 Å². The van der Waals surface area contributed by atoms with E-state index in [1.165, 1.54) is 18.2 Å². The number of halogens is 1. The Balaban J connectivity index is 1.75. The topological polar surface area (TPSA) is 102 Å². The highest BCUT2D eigenvalue weighted by Crippen LogP contribution is 2.06. The first-order valence-electron chi connectivity index (χ1n) is 6.64. The van der Waals surface area contributed by atoms with Crippen LogP contribution in [0.1, 0.15) is 10.4 Å². The number of carbonyl (C=O) groups is 4. The summed E-state index contributed by atoms with van der Waals surface area (Å²) < 4.78 is 22.6. The molecule has 23 heavy (non-hydrogen) atoms. The number of cyclic esters (lactones) is 1. The van der Waals surface area contributed by atoms with Crippen LogP contribution in [-0.2, 0) is 19.1 Å². The summed E-state index contributed by atoms with van der Waals surface area (Å²) in [4.78, 5) is 46.6. The van der Waals surface area contributed by atoms with Crippen LogP contribution in [0.3, 0.4) is 0 Å². The minimum atomic E-state index is -0.893. The van der Waals surface area contributed by atoms with E-state index >= 15 is 0 Å². The normalized spacial score (nSPS) is 13.4. The minimum Gasteiger partial charge on any atom is -0.454 e. The molecule has 1 aromatic carbocycles. The smallest absolute Gasteiger partial charge is 0.416 e. The Kier molecular flexibility index (Phi) is 5.23. The molecule has 0 unspecified atom stereocenters. The Morgan fingerprint density at radius 3 is 2.70 bits per heavy atom. The molecular formula is C14H13FN2O6. The number of carbonyl (C=O) groups excluding carboxylic acids is 4. The van der Waals surface area contributed by atoms with Gasteiger partial charge in [0.15, 0.2) is 6.61 Å². The first kappa shape index (κ1) is 16.4. The van der Waals surface area contributed by atoms with Crippen molar-refractivity contribution in [2.45, 2.75) is 0 Å². The van der Waals surface area contributed by atoms with Gasteiger partial charge in [-0.2, -0.15) is 0 Å². The summed E-state index contributed by atoms with van der Waals surface area (Å²) in [5, 5.41) is 2.17. The number of hydrogen-bond donors (Lipinski definition) is 1. The van der Waals surface area contributed by atoms with E-state index in [4.69, 9.17) is 0 Å². The number of imide groups is 1. The van der Waals surface area contributed by atoms with Gasteiger partial charge < -0.3 is 14.8 Å². The molecule has 0 radical (unpaired) electrons. The Bertz CT molecular complexity index is 648. The molecule has 9 heteroatoms. The Morgan fingerprint density at radius 1 is 1.30 bits per heavy atom. The largest absolute Gasteiger partial charge is 0.454 e. The molecule has 2 rings (SSSR count). The molecule has 3 amide bonds. The second kappa shape index (κ2) is 7.34. The van der Waals surface area contributed by atoms with Crippen molar-refractivity contribution in [1.82, 2.24) is 10.2 Å². The van der Waals surface area contributed by atoms with Gasteiger partial charge in [0, 0.05) is 0 Å². The number of esters is 1. The van der Waals surface area contributed by atoms with Crippen LogP contribution in [0.25, 0.3) is 0 Å². The lowest BCUT2D eigenvalue weighted by molar-refractivity contribution is -0.149. The lowest BCUT2D eigenvalue weighted by Crippen LogP contribution is -2.37. The minimum absolute atomic E-state index is 0.0945. The molecule has 0 spiro atoms. The number of hydrogen-bond acceptors (Lipinski definition) is 6. The maximum atomic E-state index is 13.4. The van der Waals surface area contributed by atoms with E-state index in [1.807, 2.05) is 0 Å². The van der Waals surface area contributed by atoms with Crippen molar-refractivity contribution < 1.29 is 33.0 Å². The van der Waals surface area contributed by atoms with Crippen LogP contribution in [0, 0.1) is 5.82 Å². The summed E-state index contributed by atoms with van der Waals surface area (Å²) in [6, 6.07) is 5.28. The third kappa shape index (κ3) is 4.25. The van der Waals surface area contributed by atoms with E-state index in [2.05, 4.69) is 14.8 Å². The van der Waals surface area contributed by atoms with E-state index in [9.17, 15) is 23.6 Å². The van der Waals surface area contributed by atoms with Crippen LogP contribution in [0.2, 0.25) is 0 Å². The van der Waals surface area contributed by atoms with E-state index in [0.717, 1.165) is 11.0 Å². The number of benzene rings is 1. The van der Waals surface area contributed by atoms with Gasteiger partial charge in [0.05, 0.1) is 12.1 Å². The molecule has 1 fully saturated rings. The van der Waals surface area contributed by atoms with Crippen molar-refractivity contribution in [2.24, 2.45) is 0 Å². The van der Waals surface area contributed by atoms with Crippen molar-refractivity contribution >= 4 is 23.9 Å². The Labute approximate surface area is 130 Å². The summed E-state index contributed by atoms with van der Waals surface area (Å²) in [7, 11) is 0. The third-order valence-electron chi connectivity index (χ3n) is 2.93. The lowest BCUT2D eigenvalue weighted by atomic mass is 10.2. The molecule has 0 atom stereocenters. The molecule has 1 aromatic rings. The van der Waals surface area contributed by atoms with Crippen molar-refractivity contribution in [3.05, 3.63) is 35.6 Å². The molecule has 122 valence electrons. The fourth-order valence-corrected chi connectivity index (χ4v) is 1.78.